The van der Waals surface area contributed by atoms with E-state index in [1.165, 1.54) is 6.21 Å². The van der Waals surface area contributed by atoms with E-state index in [-0.39, 0.29) is 12.5 Å². The van der Waals surface area contributed by atoms with Gasteiger partial charge < -0.3 is 10.1 Å². The van der Waals surface area contributed by atoms with Crippen LogP contribution in [0.25, 0.3) is 0 Å². The molecule has 0 atom stereocenters. The largest absolute Gasteiger partial charge is 0.489 e. The molecule has 0 fully saturated rings. The minimum absolute atomic E-state index is 0.182. The standard InChI is InChI=1S/C30H27N3O3/c34-28(21-31-30(35)29(25-12-6-2-7-13-25)26-14-8-3-9-15-26)33-32-20-23-16-18-27(19-17-23)36-22-24-10-4-1-5-11-24/h1-20,29H,21-22H2,(H,31,35)(H,33,34)/b32-20-. The first-order valence-electron chi connectivity index (χ1n) is 11.7. The van der Waals surface area contributed by atoms with Gasteiger partial charge in [-0.3, -0.25) is 9.59 Å². The molecule has 4 aromatic carbocycles. The third-order valence-electron chi connectivity index (χ3n) is 5.48. The van der Waals surface area contributed by atoms with Gasteiger partial charge in [-0.1, -0.05) is 91.0 Å². The lowest BCUT2D eigenvalue weighted by Crippen LogP contribution is -2.37. The Kier molecular flexibility index (Phi) is 8.59. The summed E-state index contributed by atoms with van der Waals surface area (Å²) >= 11 is 0. The normalized spacial score (nSPS) is 10.8. The smallest absolute Gasteiger partial charge is 0.259 e. The molecule has 2 amide bonds. The van der Waals surface area contributed by atoms with Crippen LogP contribution in [0.4, 0.5) is 0 Å². The molecule has 4 aromatic rings. The molecule has 0 saturated carbocycles. The molecule has 180 valence electrons. The lowest BCUT2D eigenvalue weighted by atomic mass is 9.90. The van der Waals surface area contributed by atoms with Gasteiger partial charge in [-0.25, -0.2) is 5.43 Å². The summed E-state index contributed by atoms with van der Waals surface area (Å²) in [5, 5.41) is 6.71. The van der Waals surface area contributed by atoms with Crippen LogP contribution in [0, 0.1) is 0 Å². The zero-order valence-corrected chi connectivity index (χ0v) is 19.7. The fourth-order valence-electron chi connectivity index (χ4n) is 3.66. The highest BCUT2D eigenvalue weighted by Crippen LogP contribution is 2.24. The van der Waals surface area contributed by atoms with Crippen LogP contribution < -0.4 is 15.5 Å². The molecule has 0 unspecified atom stereocenters. The molecule has 6 heteroatoms. The van der Waals surface area contributed by atoms with E-state index < -0.39 is 11.8 Å². The van der Waals surface area contributed by atoms with E-state index in [1.54, 1.807) is 0 Å². The number of ether oxygens (including phenoxy) is 1. The SMILES string of the molecule is O=C(CNC(=O)C(c1ccccc1)c1ccccc1)N/N=C\c1ccc(OCc2ccccc2)cc1. The summed E-state index contributed by atoms with van der Waals surface area (Å²) in [6.45, 7) is 0.310. The van der Waals surface area contributed by atoms with Gasteiger partial charge >= 0.3 is 0 Å². The van der Waals surface area contributed by atoms with Crippen molar-refractivity contribution in [1.82, 2.24) is 10.7 Å². The topological polar surface area (TPSA) is 79.8 Å². The number of nitrogens with one attached hydrogen (secondary N) is 2. The number of carbonyl (C=O) groups excluding carboxylic acids is 2. The van der Waals surface area contributed by atoms with Gasteiger partial charge in [0.2, 0.25) is 5.91 Å². The molecular formula is C30H27N3O3. The molecule has 0 radical (unpaired) electrons. The molecule has 4 rings (SSSR count). The minimum Gasteiger partial charge on any atom is -0.489 e. The summed E-state index contributed by atoms with van der Waals surface area (Å²) in [6.07, 6.45) is 1.54. The zero-order chi connectivity index (χ0) is 25.0. The van der Waals surface area contributed by atoms with Crippen LogP contribution in [0.15, 0.2) is 120 Å². The second-order valence-corrected chi connectivity index (χ2v) is 8.11. The Morgan fingerprint density at radius 3 is 1.89 bits per heavy atom. The number of hydrogen-bond donors (Lipinski definition) is 2. The third kappa shape index (κ3) is 7.14. The van der Waals surface area contributed by atoms with Crippen molar-refractivity contribution in [1.29, 1.82) is 0 Å². The predicted molar refractivity (Wildman–Crippen MR) is 141 cm³/mol. The van der Waals surface area contributed by atoms with Crippen LogP contribution in [-0.4, -0.2) is 24.6 Å². The summed E-state index contributed by atoms with van der Waals surface area (Å²) in [6, 6.07) is 36.3. The third-order valence-corrected chi connectivity index (χ3v) is 5.48. The summed E-state index contributed by atoms with van der Waals surface area (Å²) in [5.41, 5.74) is 6.06. The van der Waals surface area contributed by atoms with E-state index >= 15 is 0 Å². The molecular weight excluding hydrogens is 450 g/mol. The Bertz CT molecular complexity index is 1240. The van der Waals surface area contributed by atoms with Crippen LogP contribution in [-0.2, 0) is 16.2 Å². The van der Waals surface area contributed by atoms with Gasteiger partial charge in [-0.15, -0.1) is 0 Å². The number of amides is 2. The molecule has 0 aliphatic heterocycles. The van der Waals surface area contributed by atoms with Crippen LogP contribution in [0.3, 0.4) is 0 Å². The van der Waals surface area contributed by atoms with Crippen molar-refractivity contribution in [2.75, 3.05) is 6.54 Å². The Balaban J connectivity index is 1.26. The van der Waals surface area contributed by atoms with Crippen molar-refractivity contribution in [3.05, 3.63) is 138 Å². The average molecular weight is 478 g/mol. The second kappa shape index (κ2) is 12.7. The van der Waals surface area contributed by atoms with E-state index in [0.717, 1.165) is 28.0 Å². The van der Waals surface area contributed by atoms with E-state index in [1.807, 2.05) is 115 Å². The van der Waals surface area contributed by atoms with Crippen LogP contribution in [0.5, 0.6) is 5.75 Å². The molecule has 0 aromatic heterocycles. The predicted octanol–water partition coefficient (Wildman–Crippen LogP) is 4.66. The maximum Gasteiger partial charge on any atom is 0.259 e. The van der Waals surface area contributed by atoms with E-state index in [9.17, 15) is 9.59 Å². The Morgan fingerprint density at radius 2 is 1.31 bits per heavy atom. The van der Waals surface area contributed by atoms with E-state index in [0.29, 0.717) is 6.61 Å². The Hall–Kier alpha value is -4.71. The highest BCUT2D eigenvalue weighted by atomic mass is 16.5. The van der Waals surface area contributed by atoms with E-state index in [4.69, 9.17) is 4.74 Å². The van der Waals surface area contributed by atoms with Crippen molar-refractivity contribution < 1.29 is 14.3 Å². The molecule has 0 saturated heterocycles. The van der Waals surface area contributed by atoms with Crippen molar-refractivity contribution in [2.24, 2.45) is 5.10 Å². The van der Waals surface area contributed by atoms with Gasteiger partial charge in [0.1, 0.15) is 12.4 Å². The molecule has 36 heavy (non-hydrogen) atoms. The molecule has 6 nitrogen and oxygen atoms in total. The van der Waals surface area contributed by atoms with Crippen LogP contribution in [0.1, 0.15) is 28.2 Å². The number of hydrogen-bond acceptors (Lipinski definition) is 4. The molecule has 0 heterocycles. The van der Waals surface area contributed by atoms with E-state index in [2.05, 4.69) is 15.8 Å². The van der Waals surface area contributed by atoms with Gasteiger partial charge in [-0.2, -0.15) is 5.10 Å². The number of carbonyl (C=O) groups is 2. The maximum atomic E-state index is 13.0. The zero-order valence-electron chi connectivity index (χ0n) is 19.7. The fraction of sp³-hybridized carbons (Fsp3) is 0.100. The van der Waals surface area contributed by atoms with Crippen LogP contribution in [0.2, 0.25) is 0 Å². The van der Waals surface area contributed by atoms with Crippen molar-refractivity contribution >= 4 is 18.0 Å². The van der Waals surface area contributed by atoms with Gasteiger partial charge in [0, 0.05) is 0 Å². The van der Waals surface area contributed by atoms with Crippen molar-refractivity contribution in [3.63, 3.8) is 0 Å². The first kappa shape index (κ1) is 24.4. The summed E-state index contributed by atoms with van der Waals surface area (Å²) < 4.78 is 5.77. The monoisotopic (exact) mass is 477 g/mol. The van der Waals surface area contributed by atoms with Gasteiger partial charge in [-0.05, 0) is 46.5 Å². The lowest BCUT2D eigenvalue weighted by molar-refractivity contribution is -0.126. The first-order chi connectivity index (χ1) is 17.7. The summed E-state index contributed by atoms with van der Waals surface area (Å²) in [5.74, 6) is -0.430. The highest BCUT2D eigenvalue weighted by Gasteiger charge is 2.22. The second-order valence-electron chi connectivity index (χ2n) is 8.11. The first-order valence-corrected chi connectivity index (χ1v) is 11.7. The molecule has 0 bridgehead atoms. The van der Waals surface area contributed by atoms with Gasteiger partial charge in [0.15, 0.2) is 0 Å². The van der Waals surface area contributed by atoms with Crippen molar-refractivity contribution in [3.8, 4) is 5.75 Å². The highest BCUT2D eigenvalue weighted by molar-refractivity contribution is 5.91. The Morgan fingerprint density at radius 1 is 0.750 bits per heavy atom. The average Bonchev–Trinajstić information content (AvgIpc) is 2.93. The molecule has 2 N–H and O–H groups in total. The van der Waals surface area contributed by atoms with Crippen LogP contribution >= 0.6 is 0 Å². The quantitative estimate of drug-likeness (QED) is 0.257. The van der Waals surface area contributed by atoms with Gasteiger partial charge in [0.05, 0.1) is 18.7 Å². The number of nitrogens with zero attached hydrogens (tertiary/aromatic N) is 1. The summed E-state index contributed by atoms with van der Waals surface area (Å²) in [4.78, 5) is 25.2. The maximum absolute atomic E-state index is 13.0. The number of hydrazone groups is 1. The number of rotatable bonds is 10. The summed E-state index contributed by atoms with van der Waals surface area (Å²) in [7, 11) is 0. The number of benzene rings is 4. The Labute approximate surface area is 210 Å². The molecule has 0 aliphatic carbocycles. The fourth-order valence-corrected chi connectivity index (χ4v) is 3.66. The lowest BCUT2D eigenvalue weighted by Gasteiger charge is -2.17. The van der Waals surface area contributed by atoms with Gasteiger partial charge in [0.25, 0.3) is 5.91 Å². The molecule has 0 spiro atoms. The molecule has 0 aliphatic rings. The van der Waals surface area contributed by atoms with Crippen molar-refractivity contribution in [2.45, 2.75) is 12.5 Å². The minimum atomic E-state index is -0.508.